The van der Waals surface area contributed by atoms with Crippen molar-refractivity contribution in [2.75, 3.05) is 0 Å². The Kier molecular flexibility index (Phi) is 4.00. The number of carboxylic acids is 1. The van der Waals surface area contributed by atoms with Crippen molar-refractivity contribution in [1.29, 1.82) is 0 Å². The van der Waals surface area contributed by atoms with Gasteiger partial charge >= 0.3 is 5.97 Å². The lowest BCUT2D eigenvalue weighted by atomic mass is 9.78. The van der Waals surface area contributed by atoms with Gasteiger partial charge in [0.15, 0.2) is 0 Å². The van der Waals surface area contributed by atoms with Crippen LogP contribution in [0.1, 0.15) is 18.1 Å². The Hall–Kier alpha value is -2.09. The fourth-order valence-corrected chi connectivity index (χ4v) is 2.31. The third kappa shape index (κ3) is 3.44. The van der Waals surface area contributed by atoms with Gasteiger partial charge in [0.1, 0.15) is 0 Å². The van der Waals surface area contributed by atoms with E-state index in [0.29, 0.717) is 12.8 Å². The number of benzene rings is 2. The number of carboxylic acid groups (broad SMARTS) is 1. The minimum atomic E-state index is -0.775. The van der Waals surface area contributed by atoms with Gasteiger partial charge in [0.2, 0.25) is 0 Å². The van der Waals surface area contributed by atoms with Gasteiger partial charge in [-0.3, -0.25) is 4.79 Å². The predicted molar refractivity (Wildman–Crippen MR) is 76.0 cm³/mol. The molecule has 0 amide bonds. The van der Waals surface area contributed by atoms with Crippen LogP contribution in [0.5, 0.6) is 0 Å². The average Bonchev–Trinajstić information content (AvgIpc) is 2.40. The SMILES string of the molecule is CC(Cc1ccccc1)(Cc1ccccc1)C(=O)O. The average molecular weight is 254 g/mol. The fourth-order valence-electron chi connectivity index (χ4n) is 2.31. The van der Waals surface area contributed by atoms with Crippen molar-refractivity contribution in [2.45, 2.75) is 19.8 Å². The standard InChI is InChI=1S/C17H18O2/c1-17(16(18)19,12-14-8-4-2-5-9-14)13-15-10-6-3-7-11-15/h2-11H,12-13H2,1H3,(H,18,19). The summed E-state index contributed by atoms with van der Waals surface area (Å²) in [7, 11) is 0. The maximum atomic E-state index is 11.6. The fraction of sp³-hybridized carbons (Fsp3) is 0.235. The van der Waals surface area contributed by atoms with Crippen molar-refractivity contribution < 1.29 is 9.90 Å². The molecule has 0 heterocycles. The summed E-state index contributed by atoms with van der Waals surface area (Å²) in [5.41, 5.74) is 1.34. The van der Waals surface area contributed by atoms with Crippen molar-refractivity contribution in [3.8, 4) is 0 Å². The molecule has 2 aromatic carbocycles. The van der Waals surface area contributed by atoms with E-state index in [1.54, 1.807) is 0 Å². The summed E-state index contributed by atoms with van der Waals surface area (Å²) < 4.78 is 0. The second-order valence-corrected chi connectivity index (χ2v) is 5.19. The van der Waals surface area contributed by atoms with E-state index in [4.69, 9.17) is 0 Å². The smallest absolute Gasteiger partial charge is 0.310 e. The number of hydrogen-bond donors (Lipinski definition) is 1. The molecule has 0 atom stereocenters. The van der Waals surface area contributed by atoms with Gasteiger partial charge in [-0.1, -0.05) is 60.7 Å². The van der Waals surface area contributed by atoms with E-state index in [9.17, 15) is 9.90 Å². The Morgan fingerprint density at radius 2 is 1.26 bits per heavy atom. The van der Waals surface area contributed by atoms with Crippen LogP contribution in [-0.2, 0) is 17.6 Å². The number of carbonyl (C=O) groups is 1. The topological polar surface area (TPSA) is 37.3 Å². The molecule has 0 aliphatic rings. The van der Waals surface area contributed by atoms with Crippen LogP contribution in [0.15, 0.2) is 60.7 Å². The lowest BCUT2D eigenvalue weighted by Gasteiger charge is -2.25. The van der Waals surface area contributed by atoms with E-state index in [2.05, 4.69) is 0 Å². The molecule has 2 rings (SSSR count). The first-order valence-corrected chi connectivity index (χ1v) is 6.41. The molecule has 0 saturated heterocycles. The summed E-state index contributed by atoms with van der Waals surface area (Å²) in [5.74, 6) is -0.750. The number of aliphatic carboxylic acids is 1. The highest BCUT2D eigenvalue weighted by Gasteiger charge is 2.33. The lowest BCUT2D eigenvalue weighted by molar-refractivity contribution is -0.147. The van der Waals surface area contributed by atoms with Gasteiger partial charge in [0, 0.05) is 0 Å². The highest BCUT2D eigenvalue weighted by Crippen LogP contribution is 2.27. The van der Waals surface area contributed by atoms with Gasteiger partial charge in [0.25, 0.3) is 0 Å². The third-order valence-electron chi connectivity index (χ3n) is 3.39. The molecule has 0 unspecified atom stereocenters. The molecular formula is C17H18O2. The molecule has 98 valence electrons. The Morgan fingerprint density at radius 1 is 0.895 bits per heavy atom. The van der Waals surface area contributed by atoms with Gasteiger partial charge in [-0.2, -0.15) is 0 Å². The van der Waals surface area contributed by atoms with Crippen molar-refractivity contribution in [2.24, 2.45) is 5.41 Å². The van der Waals surface area contributed by atoms with Crippen LogP contribution in [0.4, 0.5) is 0 Å². The first-order chi connectivity index (χ1) is 9.10. The monoisotopic (exact) mass is 254 g/mol. The molecule has 2 aromatic rings. The van der Waals surface area contributed by atoms with Crippen molar-refractivity contribution >= 4 is 5.97 Å². The molecule has 0 bridgehead atoms. The van der Waals surface area contributed by atoms with Crippen LogP contribution >= 0.6 is 0 Å². The molecule has 0 radical (unpaired) electrons. The van der Waals surface area contributed by atoms with Gasteiger partial charge in [-0.05, 0) is 30.9 Å². The van der Waals surface area contributed by atoms with Crippen LogP contribution in [0, 0.1) is 5.41 Å². The minimum Gasteiger partial charge on any atom is -0.481 e. The van der Waals surface area contributed by atoms with Crippen LogP contribution in [-0.4, -0.2) is 11.1 Å². The summed E-state index contributed by atoms with van der Waals surface area (Å²) in [5, 5.41) is 9.56. The van der Waals surface area contributed by atoms with E-state index in [1.807, 2.05) is 67.6 Å². The van der Waals surface area contributed by atoms with Gasteiger partial charge in [-0.15, -0.1) is 0 Å². The Balaban J connectivity index is 2.21. The number of hydrogen-bond acceptors (Lipinski definition) is 1. The second kappa shape index (κ2) is 5.70. The van der Waals surface area contributed by atoms with Gasteiger partial charge in [-0.25, -0.2) is 0 Å². The van der Waals surface area contributed by atoms with Crippen LogP contribution in [0.3, 0.4) is 0 Å². The van der Waals surface area contributed by atoms with Crippen molar-refractivity contribution in [3.63, 3.8) is 0 Å². The van der Waals surface area contributed by atoms with E-state index in [1.165, 1.54) is 0 Å². The van der Waals surface area contributed by atoms with Crippen LogP contribution in [0.2, 0.25) is 0 Å². The first-order valence-electron chi connectivity index (χ1n) is 6.41. The predicted octanol–water partition coefficient (Wildman–Crippen LogP) is 3.56. The van der Waals surface area contributed by atoms with E-state index in [0.717, 1.165) is 11.1 Å². The number of rotatable bonds is 5. The zero-order chi connectivity index (χ0) is 13.7. The Bertz CT molecular complexity index is 490. The normalized spacial score (nSPS) is 11.2. The van der Waals surface area contributed by atoms with Crippen LogP contribution in [0.25, 0.3) is 0 Å². The lowest BCUT2D eigenvalue weighted by Crippen LogP contribution is -2.32. The second-order valence-electron chi connectivity index (χ2n) is 5.19. The summed E-state index contributed by atoms with van der Waals surface area (Å²) >= 11 is 0. The van der Waals surface area contributed by atoms with E-state index in [-0.39, 0.29) is 0 Å². The molecule has 0 aliphatic carbocycles. The molecule has 0 aromatic heterocycles. The summed E-state index contributed by atoms with van der Waals surface area (Å²) in [6.07, 6.45) is 1.08. The highest BCUT2D eigenvalue weighted by atomic mass is 16.4. The summed E-state index contributed by atoms with van der Waals surface area (Å²) in [4.78, 5) is 11.6. The minimum absolute atomic E-state index is 0.540. The Labute approximate surface area is 113 Å². The van der Waals surface area contributed by atoms with Crippen molar-refractivity contribution in [1.82, 2.24) is 0 Å². The summed E-state index contributed by atoms with van der Waals surface area (Å²) in [6.45, 7) is 1.81. The molecule has 2 nitrogen and oxygen atoms in total. The maximum absolute atomic E-state index is 11.6. The largest absolute Gasteiger partial charge is 0.481 e. The molecule has 2 heteroatoms. The van der Waals surface area contributed by atoms with Gasteiger partial charge < -0.3 is 5.11 Å². The zero-order valence-corrected chi connectivity index (χ0v) is 11.0. The van der Waals surface area contributed by atoms with E-state index >= 15 is 0 Å². The molecule has 0 fully saturated rings. The molecule has 0 spiro atoms. The molecular weight excluding hydrogens is 236 g/mol. The maximum Gasteiger partial charge on any atom is 0.310 e. The van der Waals surface area contributed by atoms with Gasteiger partial charge in [0.05, 0.1) is 5.41 Å². The molecule has 1 N–H and O–H groups in total. The summed E-state index contributed by atoms with van der Waals surface area (Å²) in [6, 6.07) is 19.6. The Morgan fingerprint density at radius 3 is 1.58 bits per heavy atom. The quantitative estimate of drug-likeness (QED) is 0.885. The highest BCUT2D eigenvalue weighted by molar-refractivity contribution is 5.75. The molecule has 19 heavy (non-hydrogen) atoms. The third-order valence-corrected chi connectivity index (χ3v) is 3.39. The van der Waals surface area contributed by atoms with Crippen molar-refractivity contribution in [3.05, 3.63) is 71.8 Å². The zero-order valence-electron chi connectivity index (χ0n) is 11.0. The van der Waals surface area contributed by atoms with E-state index < -0.39 is 11.4 Å². The molecule has 0 saturated carbocycles. The first kappa shape index (κ1) is 13.3. The molecule has 0 aliphatic heterocycles. The van der Waals surface area contributed by atoms with Crippen LogP contribution < -0.4 is 0 Å².